The summed E-state index contributed by atoms with van der Waals surface area (Å²) in [6.07, 6.45) is -3.90. The van der Waals surface area contributed by atoms with Gasteiger partial charge in [0.25, 0.3) is 0 Å². The molecule has 1 aromatic carbocycles. The molecule has 0 bridgehead atoms. The second-order valence-electron chi connectivity index (χ2n) is 8.74. The minimum atomic E-state index is -5.81. The zero-order valence-corrected chi connectivity index (χ0v) is 21.3. The zero-order chi connectivity index (χ0) is 27.0. The smallest absolute Gasteiger partial charge is 0.254 e. The van der Waals surface area contributed by atoms with Gasteiger partial charge in [-0.25, -0.2) is 8.42 Å². The van der Waals surface area contributed by atoms with Crippen LogP contribution in [0, 0.1) is 0 Å². The molecule has 0 saturated carbocycles. The molecular formula is C24H24ClF5N4O2S. The first kappa shape index (κ1) is 27.5. The second kappa shape index (κ2) is 10.3. The number of para-hydroxylation sites is 1. The van der Waals surface area contributed by atoms with Crippen LogP contribution in [0.15, 0.2) is 53.6 Å². The van der Waals surface area contributed by atoms with Crippen molar-refractivity contribution in [2.45, 2.75) is 44.3 Å². The standard InChI is InChI=1S/C24H24ClF5N4O2S/c1-2-14-37(35,36)33-12-10-16(11-13-33)18-7-5-8-19(31-18)21-15-22(23(26,27)24(28,29)30)32-34(21)20-9-4-3-6-17(20)25/h3-10,21H,2,11-15H2,1H3. The number of halogens is 6. The lowest BCUT2D eigenvalue weighted by Gasteiger charge is -2.27. The monoisotopic (exact) mass is 562 g/mol. The lowest BCUT2D eigenvalue weighted by atomic mass is 10.0. The van der Waals surface area contributed by atoms with Gasteiger partial charge < -0.3 is 0 Å². The molecule has 0 radical (unpaired) electrons. The Hall–Kier alpha value is -2.57. The fourth-order valence-electron chi connectivity index (χ4n) is 4.29. The number of benzene rings is 1. The molecule has 0 amide bonds. The second-order valence-corrected chi connectivity index (χ2v) is 11.2. The van der Waals surface area contributed by atoms with Gasteiger partial charge in [-0.15, -0.1) is 0 Å². The van der Waals surface area contributed by atoms with Gasteiger partial charge in [0.15, 0.2) is 0 Å². The van der Waals surface area contributed by atoms with Crippen LogP contribution in [0.3, 0.4) is 0 Å². The quantitative estimate of drug-likeness (QED) is 0.384. The summed E-state index contributed by atoms with van der Waals surface area (Å²) in [7, 11) is -3.36. The van der Waals surface area contributed by atoms with Gasteiger partial charge in [0.05, 0.1) is 27.9 Å². The van der Waals surface area contributed by atoms with E-state index < -0.39 is 40.3 Å². The van der Waals surface area contributed by atoms with E-state index in [4.69, 9.17) is 11.6 Å². The van der Waals surface area contributed by atoms with E-state index in [0.29, 0.717) is 18.5 Å². The van der Waals surface area contributed by atoms with E-state index >= 15 is 0 Å². The molecule has 3 heterocycles. The molecule has 1 aromatic heterocycles. The highest BCUT2D eigenvalue weighted by Crippen LogP contribution is 2.45. The Morgan fingerprint density at radius 2 is 1.81 bits per heavy atom. The molecule has 4 rings (SSSR count). The van der Waals surface area contributed by atoms with Crippen molar-refractivity contribution in [2.75, 3.05) is 23.9 Å². The lowest BCUT2D eigenvalue weighted by Crippen LogP contribution is -2.43. The largest absolute Gasteiger partial charge is 0.459 e. The Kier molecular flexibility index (Phi) is 7.64. The highest BCUT2D eigenvalue weighted by atomic mass is 35.5. The van der Waals surface area contributed by atoms with Crippen LogP contribution in [0.2, 0.25) is 5.02 Å². The van der Waals surface area contributed by atoms with Crippen molar-refractivity contribution in [1.29, 1.82) is 0 Å². The number of hydrazone groups is 1. The molecule has 1 unspecified atom stereocenters. The predicted octanol–water partition coefficient (Wildman–Crippen LogP) is 6.07. The van der Waals surface area contributed by atoms with Gasteiger partial charge in [-0.3, -0.25) is 9.99 Å². The van der Waals surface area contributed by atoms with Gasteiger partial charge in [-0.2, -0.15) is 31.4 Å². The predicted molar refractivity (Wildman–Crippen MR) is 132 cm³/mol. The Morgan fingerprint density at radius 3 is 2.43 bits per heavy atom. The van der Waals surface area contributed by atoms with Crippen molar-refractivity contribution in [3.05, 3.63) is 65.0 Å². The average molecular weight is 563 g/mol. The van der Waals surface area contributed by atoms with Crippen LogP contribution in [0.1, 0.15) is 43.6 Å². The van der Waals surface area contributed by atoms with E-state index in [-0.39, 0.29) is 35.2 Å². The maximum Gasteiger partial charge on any atom is 0.459 e. The third-order valence-electron chi connectivity index (χ3n) is 6.20. The van der Waals surface area contributed by atoms with Crippen LogP contribution in [-0.2, 0) is 10.0 Å². The van der Waals surface area contributed by atoms with Crippen LogP contribution in [0.25, 0.3) is 5.57 Å². The van der Waals surface area contributed by atoms with Gasteiger partial charge in [-0.1, -0.05) is 42.8 Å². The molecule has 13 heteroatoms. The summed E-state index contributed by atoms with van der Waals surface area (Å²) in [4.78, 5) is 4.57. The molecule has 37 heavy (non-hydrogen) atoms. The van der Waals surface area contributed by atoms with E-state index in [9.17, 15) is 30.4 Å². The van der Waals surface area contributed by atoms with Gasteiger partial charge in [0.1, 0.15) is 11.8 Å². The molecule has 2 aliphatic heterocycles. The first-order valence-corrected chi connectivity index (χ1v) is 13.5. The lowest BCUT2D eigenvalue weighted by molar-refractivity contribution is -0.249. The van der Waals surface area contributed by atoms with E-state index in [1.807, 2.05) is 0 Å². The summed E-state index contributed by atoms with van der Waals surface area (Å²) in [6, 6.07) is 9.92. The van der Waals surface area contributed by atoms with Gasteiger partial charge in [-0.05, 0) is 42.7 Å². The number of sulfonamides is 1. The summed E-state index contributed by atoms with van der Waals surface area (Å²) in [6.45, 7) is 2.22. The Labute approximate surface area is 216 Å². The summed E-state index contributed by atoms with van der Waals surface area (Å²) < 4.78 is 94.1. The highest BCUT2D eigenvalue weighted by molar-refractivity contribution is 7.89. The Bertz CT molecular complexity index is 1330. The normalized spacial score (nSPS) is 19.6. The number of anilines is 1. The van der Waals surface area contributed by atoms with E-state index in [0.717, 1.165) is 10.6 Å². The molecule has 0 aliphatic carbocycles. The molecule has 2 aliphatic rings. The van der Waals surface area contributed by atoms with Crippen molar-refractivity contribution in [2.24, 2.45) is 5.10 Å². The van der Waals surface area contributed by atoms with Crippen LogP contribution in [0.5, 0.6) is 0 Å². The molecule has 200 valence electrons. The van der Waals surface area contributed by atoms with Crippen molar-refractivity contribution < 1.29 is 30.4 Å². The zero-order valence-electron chi connectivity index (χ0n) is 19.7. The minimum Gasteiger partial charge on any atom is -0.254 e. The Morgan fingerprint density at radius 1 is 1.08 bits per heavy atom. The number of nitrogens with zero attached hydrogens (tertiary/aromatic N) is 4. The van der Waals surface area contributed by atoms with Gasteiger partial charge >= 0.3 is 12.1 Å². The molecule has 6 nitrogen and oxygen atoms in total. The number of alkyl halides is 5. The number of hydrogen-bond donors (Lipinski definition) is 0. The molecule has 0 N–H and O–H groups in total. The maximum atomic E-state index is 14.3. The highest BCUT2D eigenvalue weighted by Gasteiger charge is 2.63. The number of aromatic nitrogens is 1. The van der Waals surface area contributed by atoms with Gasteiger partial charge in [0, 0.05) is 19.5 Å². The number of pyridine rings is 1. The molecule has 1 atom stereocenters. The van der Waals surface area contributed by atoms with Crippen LogP contribution in [0.4, 0.5) is 27.6 Å². The SMILES string of the molecule is CCCS(=O)(=O)N1CC=C(c2cccc(C3CC(C(F)(F)C(F)(F)F)=NN3c3ccccc3Cl)n2)CC1. The van der Waals surface area contributed by atoms with Crippen molar-refractivity contribution in [3.8, 4) is 0 Å². The van der Waals surface area contributed by atoms with Crippen molar-refractivity contribution in [1.82, 2.24) is 9.29 Å². The molecule has 0 spiro atoms. The fourth-order valence-corrected chi connectivity index (χ4v) is 5.96. The molecular weight excluding hydrogens is 539 g/mol. The topological polar surface area (TPSA) is 65.9 Å². The van der Waals surface area contributed by atoms with Gasteiger partial charge in [0.2, 0.25) is 10.0 Å². The summed E-state index contributed by atoms with van der Waals surface area (Å²) in [5.41, 5.74) is 0.318. The summed E-state index contributed by atoms with van der Waals surface area (Å²) >= 11 is 6.23. The first-order valence-electron chi connectivity index (χ1n) is 11.6. The minimum absolute atomic E-state index is 0.0500. The van der Waals surface area contributed by atoms with E-state index in [1.165, 1.54) is 22.5 Å². The van der Waals surface area contributed by atoms with Crippen LogP contribution in [-0.4, -0.2) is 54.4 Å². The number of rotatable bonds is 7. The van der Waals surface area contributed by atoms with Crippen LogP contribution >= 0.6 is 11.6 Å². The third-order valence-corrected chi connectivity index (χ3v) is 8.56. The van der Waals surface area contributed by atoms with Crippen LogP contribution < -0.4 is 5.01 Å². The third kappa shape index (κ3) is 5.51. The molecule has 2 aromatic rings. The van der Waals surface area contributed by atoms with E-state index in [2.05, 4.69) is 10.1 Å². The van der Waals surface area contributed by atoms with Crippen molar-refractivity contribution >= 4 is 38.6 Å². The van der Waals surface area contributed by atoms with E-state index in [1.54, 1.807) is 37.3 Å². The average Bonchev–Trinajstić information content (AvgIpc) is 3.30. The summed E-state index contributed by atoms with van der Waals surface area (Å²) in [5, 5.41) is 4.86. The number of hydrogen-bond acceptors (Lipinski definition) is 5. The maximum absolute atomic E-state index is 14.3. The fraction of sp³-hybridized carbons (Fsp3) is 0.417. The Balaban J connectivity index is 1.67. The summed E-state index contributed by atoms with van der Waals surface area (Å²) in [5.74, 6) is -5.08. The molecule has 0 saturated heterocycles. The molecule has 0 fully saturated rings. The van der Waals surface area contributed by atoms with Crippen molar-refractivity contribution in [3.63, 3.8) is 0 Å². The first-order chi connectivity index (χ1) is 17.3.